The van der Waals surface area contributed by atoms with Crippen molar-refractivity contribution >= 4 is 28.2 Å². The van der Waals surface area contributed by atoms with Crippen LogP contribution in [0.5, 0.6) is 0 Å². The lowest BCUT2D eigenvalue weighted by Crippen LogP contribution is -2.39. The Bertz CT molecular complexity index is 451. The molecule has 0 spiro atoms. The van der Waals surface area contributed by atoms with Crippen LogP contribution in [0.15, 0.2) is 0 Å². The highest BCUT2D eigenvalue weighted by atomic mass is 32.1. The van der Waals surface area contributed by atoms with Crippen LogP contribution in [0, 0.1) is 0 Å². The van der Waals surface area contributed by atoms with Crippen molar-refractivity contribution < 1.29 is 14.3 Å². The number of nitrogen functional groups attached to an aromatic ring is 1. The number of nitrogens with zero attached hydrogens (tertiary/aromatic N) is 2. The molecule has 0 aliphatic rings. The Kier molecular flexibility index (Phi) is 7.41. The van der Waals surface area contributed by atoms with E-state index in [0.29, 0.717) is 36.3 Å². The highest BCUT2D eigenvalue weighted by Crippen LogP contribution is 2.26. The lowest BCUT2D eigenvalue weighted by molar-refractivity contribution is 0.0640. The number of amides is 1. The fourth-order valence-electron chi connectivity index (χ4n) is 1.74. The molecule has 1 heterocycles. The Hall–Kier alpha value is -1.38. The standard InChI is InChI=1S/C13H24N4O3S/c1-9(2)17(6-8-20-4)12(18)10-11(14)16-13(21-10)15-5-7-19-3/h9H,5-8,14H2,1-4H3,(H,15,16). The van der Waals surface area contributed by atoms with Crippen molar-refractivity contribution in [3.05, 3.63) is 4.88 Å². The summed E-state index contributed by atoms with van der Waals surface area (Å²) in [5.41, 5.74) is 5.86. The number of rotatable bonds is 9. The highest BCUT2D eigenvalue weighted by Gasteiger charge is 2.23. The molecule has 1 aromatic heterocycles. The summed E-state index contributed by atoms with van der Waals surface area (Å²) in [7, 11) is 3.24. The first kappa shape index (κ1) is 17.7. The van der Waals surface area contributed by atoms with Gasteiger partial charge in [0.05, 0.1) is 13.2 Å². The van der Waals surface area contributed by atoms with Gasteiger partial charge in [-0.3, -0.25) is 4.79 Å². The van der Waals surface area contributed by atoms with Gasteiger partial charge in [0.1, 0.15) is 10.7 Å². The Morgan fingerprint density at radius 1 is 1.38 bits per heavy atom. The minimum absolute atomic E-state index is 0.0686. The summed E-state index contributed by atoms with van der Waals surface area (Å²) >= 11 is 1.26. The van der Waals surface area contributed by atoms with Crippen LogP contribution >= 0.6 is 11.3 Å². The highest BCUT2D eigenvalue weighted by molar-refractivity contribution is 7.18. The Labute approximate surface area is 129 Å². The zero-order valence-corrected chi connectivity index (χ0v) is 13.8. The number of hydrogen-bond acceptors (Lipinski definition) is 7. The van der Waals surface area contributed by atoms with Crippen molar-refractivity contribution in [2.75, 3.05) is 51.6 Å². The number of aromatic nitrogens is 1. The average Bonchev–Trinajstić information content (AvgIpc) is 2.80. The van der Waals surface area contributed by atoms with E-state index in [1.54, 1.807) is 19.1 Å². The molecule has 0 aliphatic carbocycles. The second kappa shape index (κ2) is 8.81. The van der Waals surface area contributed by atoms with E-state index in [-0.39, 0.29) is 17.8 Å². The lowest BCUT2D eigenvalue weighted by Gasteiger charge is -2.25. The number of nitrogens with one attached hydrogen (secondary N) is 1. The van der Waals surface area contributed by atoms with Gasteiger partial charge in [-0.15, -0.1) is 0 Å². The van der Waals surface area contributed by atoms with Gasteiger partial charge in [-0.1, -0.05) is 11.3 Å². The Morgan fingerprint density at radius 2 is 2.05 bits per heavy atom. The van der Waals surface area contributed by atoms with E-state index in [0.717, 1.165) is 0 Å². The number of thiazole rings is 1. The van der Waals surface area contributed by atoms with Crippen molar-refractivity contribution in [3.63, 3.8) is 0 Å². The number of anilines is 2. The maximum Gasteiger partial charge on any atom is 0.268 e. The fraction of sp³-hybridized carbons (Fsp3) is 0.692. The predicted octanol–water partition coefficient (Wildman–Crippen LogP) is 1.28. The van der Waals surface area contributed by atoms with Crippen LogP contribution in [0.2, 0.25) is 0 Å². The van der Waals surface area contributed by atoms with Gasteiger partial charge in [0, 0.05) is 33.4 Å². The Morgan fingerprint density at radius 3 is 2.62 bits per heavy atom. The van der Waals surface area contributed by atoms with Gasteiger partial charge in [0.2, 0.25) is 0 Å². The molecule has 0 fully saturated rings. The third-order valence-corrected chi connectivity index (χ3v) is 3.87. The molecular weight excluding hydrogens is 292 g/mol. The van der Waals surface area contributed by atoms with E-state index in [2.05, 4.69) is 10.3 Å². The smallest absolute Gasteiger partial charge is 0.268 e. The lowest BCUT2D eigenvalue weighted by atomic mass is 10.3. The van der Waals surface area contributed by atoms with Crippen molar-refractivity contribution in [1.82, 2.24) is 9.88 Å². The second-order valence-corrected chi connectivity index (χ2v) is 5.74. The molecule has 0 atom stereocenters. The monoisotopic (exact) mass is 316 g/mol. The van der Waals surface area contributed by atoms with Crippen LogP contribution in [-0.4, -0.2) is 62.4 Å². The fourth-order valence-corrected chi connectivity index (χ4v) is 2.60. The van der Waals surface area contributed by atoms with Gasteiger partial charge in [0.25, 0.3) is 5.91 Å². The van der Waals surface area contributed by atoms with E-state index < -0.39 is 0 Å². The minimum atomic E-state index is -0.114. The first-order valence-electron chi connectivity index (χ1n) is 6.80. The molecule has 21 heavy (non-hydrogen) atoms. The number of hydrogen-bond donors (Lipinski definition) is 2. The van der Waals surface area contributed by atoms with Crippen LogP contribution in [0.1, 0.15) is 23.5 Å². The normalized spacial score (nSPS) is 10.9. The molecule has 0 saturated carbocycles. The van der Waals surface area contributed by atoms with Gasteiger partial charge in [0.15, 0.2) is 5.13 Å². The zero-order chi connectivity index (χ0) is 15.8. The molecule has 120 valence electrons. The number of methoxy groups -OCH3 is 2. The largest absolute Gasteiger partial charge is 0.383 e. The molecule has 0 radical (unpaired) electrons. The Balaban J connectivity index is 2.79. The summed E-state index contributed by atoms with van der Waals surface area (Å²) in [5.74, 6) is 0.143. The third kappa shape index (κ3) is 5.14. The number of carbonyl (C=O) groups is 1. The van der Waals surface area contributed by atoms with Crippen LogP contribution in [0.3, 0.4) is 0 Å². The molecule has 0 aliphatic heterocycles. The molecule has 3 N–H and O–H groups in total. The summed E-state index contributed by atoms with van der Waals surface area (Å²) in [6, 6.07) is 0.0686. The number of ether oxygens (including phenoxy) is 2. The van der Waals surface area contributed by atoms with Crippen LogP contribution in [0.25, 0.3) is 0 Å². The summed E-state index contributed by atoms with van der Waals surface area (Å²) in [6.45, 7) is 6.12. The molecule has 7 nitrogen and oxygen atoms in total. The van der Waals surface area contributed by atoms with E-state index in [1.165, 1.54) is 11.3 Å². The van der Waals surface area contributed by atoms with E-state index in [1.807, 2.05) is 13.8 Å². The molecule has 0 saturated heterocycles. The second-order valence-electron chi connectivity index (χ2n) is 4.74. The third-order valence-electron chi connectivity index (χ3n) is 2.85. The summed E-state index contributed by atoms with van der Waals surface area (Å²) in [6.07, 6.45) is 0. The number of carbonyl (C=O) groups excluding carboxylic acids is 1. The topological polar surface area (TPSA) is 89.7 Å². The molecule has 1 rings (SSSR count). The van der Waals surface area contributed by atoms with Gasteiger partial charge in [-0.05, 0) is 13.8 Å². The maximum absolute atomic E-state index is 12.6. The van der Waals surface area contributed by atoms with Crippen molar-refractivity contribution in [1.29, 1.82) is 0 Å². The summed E-state index contributed by atoms with van der Waals surface area (Å²) < 4.78 is 10.0. The van der Waals surface area contributed by atoms with Gasteiger partial charge >= 0.3 is 0 Å². The van der Waals surface area contributed by atoms with Crippen LogP contribution in [0.4, 0.5) is 10.9 Å². The molecule has 8 heteroatoms. The molecule has 0 bridgehead atoms. The first-order chi connectivity index (χ1) is 10.0. The number of nitrogens with two attached hydrogens (primary N) is 1. The maximum atomic E-state index is 12.6. The van der Waals surface area contributed by atoms with Crippen molar-refractivity contribution in [2.24, 2.45) is 0 Å². The van der Waals surface area contributed by atoms with Gasteiger partial charge in [-0.2, -0.15) is 0 Å². The molecule has 0 aromatic carbocycles. The van der Waals surface area contributed by atoms with E-state index >= 15 is 0 Å². The molecule has 1 aromatic rings. The minimum Gasteiger partial charge on any atom is -0.383 e. The average molecular weight is 316 g/mol. The van der Waals surface area contributed by atoms with Crippen molar-refractivity contribution in [2.45, 2.75) is 19.9 Å². The van der Waals surface area contributed by atoms with E-state index in [9.17, 15) is 4.79 Å². The molecular formula is C13H24N4O3S. The summed E-state index contributed by atoms with van der Waals surface area (Å²) in [5, 5.41) is 3.71. The zero-order valence-electron chi connectivity index (χ0n) is 13.0. The SMILES string of the molecule is COCCNc1nc(N)c(C(=O)N(CCOC)C(C)C)s1. The molecule has 0 unspecified atom stereocenters. The van der Waals surface area contributed by atoms with Gasteiger partial charge in [-0.25, -0.2) is 4.98 Å². The molecule has 1 amide bonds. The quantitative estimate of drug-likeness (QED) is 0.667. The predicted molar refractivity (Wildman–Crippen MR) is 84.9 cm³/mol. The van der Waals surface area contributed by atoms with E-state index in [4.69, 9.17) is 15.2 Å². The van der Waals surface area contributed by atoms with Crippen molar-refractivity contribution in [3.8, 4) is 0 Å². The van der Waals surface area contributed by atoms with Crippen LogP contribution in [-0.2, 0) is 9.47 Å². The first-order valence-corrected chi connectivity index (χ1v) is 7.61. The summed E-state index contributed by atoms with van der Waals surface area (Å²) in [4.78, 5) is 18.9. The van der Waals surface area contributed by atoms with Crippen LogP contribution < -0.4 is 11.1 Å². The van der Waals surface area contributed by atoms with Gasteiger partial charge < -0.3 is 25.4 Å².